The molecule has 1 aromatic heterocycles. The number of pyridine rings is 1. The summed E-state index contributed by atoms with van der Waals surface area (Å²) >= 11 is 6.06. The zero-order valence-electron chi connectivity index (χ0n) is 9.69. The van der Waals surface area contributed by atoms with E-state index in [9.17, 15) is 0 Å². The van der Waals surface area contributed by atoms with Crippen molar-refractivity contribution in [2.24, 2.45) is 11.7 Å². The van der Waals surface area contributed by atoms with Crippen molar-refractivity contribution in [3.8, 4) is 5.88 Å². The van der Waals surface area contributed by atoms with Crippen molar-refractivity contribution in [1.29, 1.82) is 0 Å². The zero-order valence-corrected chi connectivity index (χ0v) is 10.4. The maximum Gasteiger partial charge on any atom is 0.232 e. The Kier molecular flexibility index (Phi) is 4.59. The SMILES string of the molecule is NCc1cnc(OCC2CCOCC2)c(Cl)c1. The van der Waals surface area contributed by atoms with E-state index in [4.69, 9.17) is 26.8 Å². The summed E-state index contributed by atoms with van der Waals surface area (Å²) in [5.41, 5.74) is 6.42. The fourth-order valence-electron chi connectivity index (χ4n) is 1.79. The second-order valence-corrected chi connectivity index (χ2v) is 4.61. The van der Waals surface area contributed by atoms with Gasteiger partial charge in [0.1, 0.15) is 5.02 Å². The van der Waals surface area contributed by atoms with Crippen molar-refractivity contribution in [2.45, 2.75) is 19.4 Å². The van der Waals surface area contributed by atoms with Gasteiger partial charge in [0, 0.05) is 26.0 Å². The fourth-order valence-corrected chi connectivity index (χ4v) is 2.04. The third-order valence-corrected chi connectivity index (χ3v) is 3.17. The highest BCUT2D eigenvalue weighted by Crippen LogP contribution is 2.24. The Morgan fingerprint density at radius 3 is 2.88 bits per heavy atom. The molecule has 0 unspecified atom stereocenters. The van der Waals surface area contributed by atoms with Crippen molar-refractivity contribution >= 4 is 11.6 Å². The van der Waals surface area contributed by atoms with Crippen LogP contribution in [0.4, 0.5) is 0 Å². The van der Waals surface area contributed by atoms with Crippen LogP contribution in [0.2, 0.25) is 5.02 Å². The van der Waals surface area contributed by atoms with Crippen LogP contribution >= 0.6 is 11.6 Å². The van der Waals surface area contributed by atoms with Gasteiger partial charge in [-0.05, 0) is 30.4 Å². The Morgan fingerprint density at radius 2 is 2.24 bits per heavy atom. The van der Waals surface area contributed by atoms with Crippen LogP contribution in [0.5, 0.6) is 5.88 Å². The van der Waals surface area contributed by atoms with Gasteiger partial charge in [-0.3, -0.25) is 0 Å². The summed E-state index contributed by atoms with van der Waals surface area (Å²) in [6.45, 7) is 2.73. The molecule has 1 aliphatic rings. The summed E-state index contributed by atoms with van der Waals surface area (Å²) in [6, 6.07) is 1.80. The van der Waals surface area contributed by atoms with Gasteiger partial charge in [-0.15, -0.1) is 0 Å². The quantitative estimate of drug-likeness (QED) is 0.895. The second kappa shape index (κ2) is 6.19. The summed E-state index contributed by atoms with van der Waals surface area (Å²) in [7, 11) is 0. The Bertz CT molecular complexity index is 368. The number of hydrogen-bond acceptors (Lipinski definition) is 4. The van der Waals surface area contributed by atoms with Crippen molar-refractivity contribution in [2.75, 3.05) is 19.8 Å². The van der Waals surface area contributed by atoms with E-state index in [2.05, 4.69) is 4.98 Å². The predicted molar refractivity (Wildman–Crippen MR) is 66.2 cm³/mol. The number of nitrogens with zero attached hydrogens (tertiary/aromatic N) is 1. The molecular weight excluding hydrogens is 240 g/mol. The average molecular weight is 257 g/mol. The van der Waals surface area contributed by atoms with E-state index in [1.807, 2.05) is 0 Å². The third-order valence-electron chi connectivity index (χ3n) is 2.90. The van der Waals surface area contributed by atoms with Gasteiger partial charge in [0.25, 0.3) is 0 Å². The molecule has 1 aromatic rings. The minimum Gasteiger partial charge on any atom is -0.476 e. The van der Waals surface area contributed by atoms with Crippen molar-refractivity contribution < 1.29 is 9.47 Å². The lowest BCUT2D eigenvalue weighted by Crippen LogP contribution is -2.21. The van der Waals surface area contributed by atoms with E-state index >= 15 is 0 Å². The first-order chi connectivity index (χ1) is 8.29. The Labute approximate surface area is 106 Å². The lowest BCUT2D eigenvalue weighted by Gasteiger charge is -2.22. The van der Waals surface area contributed by atoms with Gasteiger partial charge in [-0.25, -0.2) is 4.98 Å². The molecule has 0 bridgehead atoms. The number of aromatic nitrogens is 1. The number of hydrogen-bond donors (Lipinski definition) is 1. The second-order valence-electron chi connectivity index (χ2n) is 4.20. The van der Waals surface area contributed by atoms with Crippen molar-refractivity contribution in [1.82, 2.24) is 4.98 Å². The van der Waals surface area contributed by atoms with Crippen molar-refractivity contribution in [3.05, 3.63) is 22.8 Å². The Hall–Kier alpha value is -0.840. The van der Waals surface area contributed by atoms with Crippen LogP contribution in [0.1, 0.15) is 18.4 Å². The van der Waals surface area contributed by atoms with Gasteiger partial charge in [0.15, 0.2) is 0 Å². The molecule has 1 saturated heterocycles. The largest absolute Gasteiger partial charge is 0.476 e. The van der Waals surface area contributed by atoms with Crippen LogP contribution in [0.25, 0.3) is 0 Å². The molecule has 1 fully saturated rings. The van der Waals surface area contributed by atoms with E-state index < -0.39 is 0 Å². The molecule has 0 atom stereocenters. The molecule has 0 radical (unpaired) electrons. The highest BCUT2D eigenvalue weighted by molar-refractivity contribution is 6.31. The predicted octanol–water partition coefficient (Wildman–Crippen LogP) is 2.00. The lowest BCUT2D eigenvalue weighted by molar-refractivity contribution is 0.0490. The Morgan fingerprint density at radius 1 is 1.47 bits per heavy atom. The molecular formula is C12H17ClN2O2. The first-order valence-electron chi connectivity index (χ1n) is 5.84. The molecule has 17 heavy (non-hydrogen) atoms. The molecule has 0 spiro atoms. The zero-order chi connectivity index (χ0) is 12.1. The van der Waals surface area contributed by atoms with Crippen LogP contribution in [-0.4, -0.2) is 24.8 Å². The summed E-state index contributed by atoms with van der Waals surface area (Å²) in [4.78, 5) is 4.17. The summed E-state index contributed by atoms with van der Waals surface area (Å²) in [5, 5.41) is 0.528. The molecule has 0 aromatic carbocycles. The fraction of sp³-hybridized carbons (Fsp3) is 0.583. The normalized spacial score (nSPS) is 17.1. The summed E-state index contributed by atoms with van der Waals surface area (Å²) < 4.78 is 10.9. The first-order valence-corrected chi connectivity index (χ1v) is 6.22. The van der Waals surface area contributed by atoms with E-state index in [0.29, 0.717) is 30.0 Å². The molecule has 5 heteroatoms. The molecule has 2 heterocycles. The number of ether oxygens (including phenoxy) is 2. The van der Waals surface area contributed by atoms with Gasteiger partial charge in [0.2, 0.25) is 5.88 Å². The third kappa shape index (κ3) is 3.56. The number of halogens is 1. The maximum atomic E-state index is 6.06. The average Bonchev–Trinajstić information content (AvgIpc) is 2.38. The van der Waals surface area contributed by atoms with E-state index in [1.165, 1.54) is 0 Å². The first kappa shape index (κ1) is 12.6. The molecule has 4 nitrogen and oxygen atoms in total. The molecule has 2 rings (SSSR count). The summed E-state index contributed by atoms with van der Waals surface area (Å²) in [5.74, 6) is 1.03. The number of nitrogens with two attached hydrogens (primary N) is 1. The minimum atomic E-state index is 0.437. The minimum absolute atomic E-state index is 0.437. The van der Waals surface area contributed by atoms with Crippen LogP contribution in [-0.2, 0) is 11.3 Å². The van der Waals surface area contributed by atoms with E-state index in [-0.39, 0.29) is 0 Å². The van der Waals surface area contributed by atoms with Gasteiger partial charge < -0.3 is 15.2 Å². The maximum absolute atomic E-state index is 6.06. The summed E-state index contributed by atoms with van der Waals surface area (Å²) in [6.07, 6.45) is 3.78. The monoisotopic (exact) mass is 256 g/mol. The number of rotatable bonds is 4. The van der Waals surface area contributed by atoms with E-state index in [0.717, 1.165) is 31.6 Å². The standard InChI is InChI=1S/C12H17ClN2O2/c13-11-5-10(6-14)7-15-12(11)17-8-9-1-3-16-4-2-9/h5,7,9H,1-4,6,8,14H2. The highest BCUT2D eigenvalue weighted by Gasteiger charge is 2.15. The van der Waals surface area contributed by atoms with Gasteiger partial charge in [0.05, 0.1) is 6.61 Å². The molecule has 0 amide bonds. The van der Waals surface area contributed by atoms with Crippen LogP contribution in [0.15, 0.2) is 12.3 Å². The van der Waals surface area contributed by atoms with Crippen LogP contribution in [0, 0.1) is 5.92 Å². The molecule has 0 aliphatic carbocycles. The molecule has 0 saturated carbocycles. The van der Waals surface area contributed by atoms with Crippen LogP contribution < -0.4 is 10.5 Å². The highest BCUT2D eigenvalue weighted by atomic mass is 35.5. The molecule has 94 valence electrons. The van der Waals surface area contributed by atoms with Gasteiger partial charge in [-0.1, -0.05) is 11.6 Å². The molecule has 1 aliphatic heterocycles. The van der Waals surface area contributed by atoms with Gasteiger partial charge in [-0.2, -0.15) is 0 Å². The van der Waals surface area contributed by atoms with Crippen molar-refractivity contribution in [3.63, 3.8) is 0 Å². The Balaban J connectivity index is 1.89. The lowest BCUT2D eigenvalue weighted by atomic mass is 10.0. The van der Waals surface area contributed by atoms with E-state index in [1.54, 1.807) is 12.3 Å². The molecule has 2 N–H and O–H groups in total. The topological polar surface area (TPSA) is 57.4 Å². The van der Waals surface area contributed by atoms with Crippen LogP contribution in [0.3, 0.4) is 0 Å². The smallest absolute Gasteiger partial charge is 0.232 e. The van der Waals surface area contributed by atoms with Gasteiger partial charge >= 0.3 is 0 Å².